The number of carbonyl (C=O) groups excluding carboxylic acids is 3. The molecule has 1 N–H and O–H groups in total. The van der Waals surface area contributed by atoms with Crippen LogP contribution in [0.5, 0.6) is 0 Å². The summed E-state index contributed by atoms with van der Waals surface area (Å²) in [5.74, 6) is -0.638. The normalized spacial score (nSPS) is 16.5. The predicted molar refractivity (Wildman–Crippen MR) is 71.0 cm³/mol. The summed E-state index contributed by atoms with van der Waals surface area (Å²) in [4.78, 5) is 36.1. The van der Waals surface area contributed by atoms with Crippen LogP contribution in [0.3, 0.4) is 0 Å². The van der Waals surface area contributed by atoms with E-state index in [9.17, 15) is 14.4 Å². The topological polar surface area (TPSA) is 84.9 Å². The number of esters is 1. The summed E-state index contributed by atoms with van der Waals surface area (Å²) in [6.07, 6.45) is 0.621. The van der Waals surface area contributed by atoms with E-state index in [2.05, 4.69) is 10.1 Å². The van der Waals surface area contributed by atoms with Gasteiger partial charge in [0.2, 0.25) is 5.91 Å². The molecule has 1 fully saturated rings. The highest BCUT2D eigenvalue weighted by atomic mass is 16.5. The van der Waals surface area contributed by atoms with E-state index in [4.69, 9.17) is 4.74 Å². The molecule has 1 saturated heterocycles. The number of nitrogens with zero attached hydrogens (tertiary/aromatic N) is 1. The molecule has 0 aromatic rings. The van der Waals surface area contributed by atoms with Crippen LogP contribution in [-0.4, -0.2) is 55.7 Å². The first-order valence-corrected chi connectivity index (χ1v) is 6.92. The first-order chi connectivity index (χ1) is 9.56. The molecule has 0 bridgehead atoms. The van der Waals surface area contributed by atoms with E-state index in [0.717, 1.165) is 0 Å². The third kappa shape index (κ3) is 5.56. The van der Waals surface area contributed by atoms with Crippen molar-refractivity contribution in [3.05, 3.63) is 0 Å². The third-order valence-electron chi connectivity index (χ3n) is 3.09. The van der Waals surface area contributed by atoms with E-state index in [1.165, 1.54) is 0 Å². The van der Waals surface area contributed by atoms with Crippen molar-refractivity contribution in [3.63, 3.8) is 0 Å². The fraction of sp³-hybridized carbons (Fsp3) is 0.769. The average molecular weight is 286 g/mol. The lowest BCUT2D eigenvalue weighted by atomic mass is 9.97. The van der Waals surface area contributed by atoms with Gasteiger partial charge in [-0.05, 0) is 39.8 Å². The van der Waals surface area contributed by atoms with Gasteiger partial charge in [0, 0.05) is 0 Å². The van der Waals surface area contributed by atoms with E-state index in [1.54, 1.807) is 13.8 Å². The van der Waals surface area contributed by atoms with E-state index in [0.29, 0.717) is 32.5 Å². The second-order valence-corrected chi connectivity index (χ2v) is 4.57. The number of rotatable bonds is 5. The molecule has 7 nitrogen and oxygen atoms in total. The van der Waals surface area contributed by atoms with Crippen molar-refractivity contribution in [2.45, 2.75) is 26.7 Å². The first-order valence-electron chi connectivity index (χ1n) is 6.92. The Morgan fingerprint density at radius 3 is 2.25 bits per heavy atom. The number of likely N-dealkylation sites (tertiary alicyclic amines) is 1. The second kappa shape index (κ2) is 8.52. The minimum atomic E-state index is -0.723. The Morgan fingerprint density at radius 1 is 1.10 bits per heavy atom. The summed E-state index contributed by atoms with van der Waals surface area (Å²) < 4.78 is 9.61. The van der Waals surface area contributed by atoms with Crippen molar-refractivity contribution < 1.29 is 23.9 Å². The summed E-state index contributed by atoms with van der Waals surface area (Å²) in [6.45, 7) is 5.48. The number of hydrogen-bond donors (Lipinski definition) is 1. The quantitative estimate of drug-likeness (QED) is 0.742. The Kier molecular flexibility index (Phi) is 7.00. The minimum absolute atomic E-state index is 0.0840. The molecule has 0 aromatic heterocycles. The number of hydrogen-bond acceptors (Lipinski definition) is 6. The second-order valence-electron chi connectivity index (χ2n) is 4.57. The van der Waals surface area contributed by atoms with Crippen LogP contribution in [0.4, 0.5) is 4.79 Å². The van der Waals surface area contributed by atoms with Gasteiger partial charge in [-0.15, -0.1) is 0 Å². The maximum atomic E-state index is 11.6. The molecule has 0 unspecified atom stereocenters. The van der Waals surface area contributed by atoms with Crippen molar-refractivity contribution in [1.29, 1.82) is 0 Å². The minimum Gasteiger partial charge on any atom is -0.466 e. The van der Waals surface area contributed by atoms with Gasteiger partial charge in [-0.2, -0.15) is 0 Å². The number of carbonyl (C=O) groups is 3. The number of nitrogens with one attached hydrogen (secondary N) is 1. The van der Waals surface area contributed by atoms with Crippen LogP contribution in [0, 0.1) is 5.92 Å². The van der Waals surface area contributed by atoms with Gasteiger partial charge >= 0.3 is 12.1 Å². The van der Waals surface area contributed by atoms with Gasteiger partial charge in [0.1, 0.15) is 0 Å². The molecule has 0 aromatic carbocycles. The molecule has 0 aliphatic carbocycles. The molecule has 2 amide bonds. The van der Waals surface area contributed by atoms with Crippen LogP contribution in [0.15, 0.2) is 0 Å². The Hall–Kier alpha value is -1.63. The SMILES string of the molecule is CCOC(=O)NC(=O)CN1CCC(C(=O)OCC)CC1. The Balaban J connectivity index is 2.26. The van der Waals surface area contributed by atoms with Gasteiger partial charge in [-0.3, -0.25) is 19.8 Å². The highest BCUT2D eigenvalue weighted by Gasteiger charge is 2.27. The lowest BCUT2D eigenvalue weighted by Gasteiger charge is -2.29. The molecule has 114 valence electrons. The molecule has 0 spiro atoms. The number of imide groups is 1. The monoisotopic (exact) mass is 286 g/mol. The van der Waals surface area contributed by atoms with Gasteiger partial charge in [0.05, 0.1) is 25.7 Å². The summed E-state index contributed by atoms with van der Waals surface area (Å²) >= 11 is 0. The Morgan fingerprint density at radius 2 is 1.70 bits per heavy atom. The highest BCUT2D eigenvalue weighted by molar-refractivity contribution is 5.92. The molecular formula is C13H22N2O5. The third-order valence-corrected chi connectivity index (χ3v) is 3.09. The summed E-state index contributed by atoms with van der Waals surface area (Å²) in [7, 11) is 0. The van der Waals surface area contributed by atoms with Gasteiger partial charge in [-0.25, -0.2) is 4.79 Å². The van der Waals surface area contributed by atoms with Crippen LogP contribution >= 0.6 is 0 Å². The zero-order valence-corrected chi connectivity index (χ0v) is 12.0. The Labute approximate surface area is 118 Å². The number of ether oxygens (including phenoxy) is 2. The van der Waals surface area contributed by atoms with E-state index < -0.39 is 12.0 Å². The molecule has 20 heavy (non-hydrogen) atoms. The van der Waals surface area contributed by atoms with Crippen LogP contribution in [0.25, 0.3) is 0 Å². The van der Waals surface area contributed by atoms with Crippen molar-refractivity contribution in [1.82, 2.24) is 10.2 Å². The molecule has 1 heterocycles. The zero-order chi connectivity index (χ0) is 15.0. The molecule has 1 rings (SSSR count). The van der Waals surface area contributed by atoms with Crippen molar-refractivity contribution in [2.24, 2.45) is 5.92 Å². The number of alkyl carbamates (subject to hydrolysis) is 1. The van der Waals surface area contributed by atoms with E-state index >= 15 is 0 Å². The number of amides is 2. The summed E-state index contributed by atoms with van der Waals surface area (Å²) in [6, 6.07) is 0. The van der Waals surface area contributed by atoms with Gasteiger partial charge in [-0.1, -0.05) is 0 Å². The first kappa shape index (κ1) is 16.4. The maximum Gasteiger partial charge on any atom is 0.413 e. The Bertz CT molecular complexity index is 351. The molecule has 1 aliphatic rings. The van der Waals surface area contributed by atoms with Crippen LogP contribution in [0.2, 0.25) is 0 Å². The average Bonchev–Trinajstić information content (AvgIpc) is 2.39. The molecular weight excluding hydrogens is 264 g/mol. The fourth-order valence-electron chi connectivity index (χ4n) is 2.11. The predicted octanol–water partition coefficient (Wildman–Crippen LogP) is 0.534. The van der Waals surface area contributed by atoms with Crippen molar-refractivity contribution in [2.75, 3.05) is 32.8 Å². The lowest BCUT2D eigenvalue weighted by Crippen LogP contribution is -2.44. The zero-order valence-electron chi connectivity index (χ0n) is 12.0. The van der Waals surface area contributed by atoms with E-state index in [1.807, 2.05) is 4.90 Å². The molecule has 7 heteroatoms. The van der Waals surface area contributed by atoms with Crippen LogP contribution in [-0.2, 0) is 19.1 Å². The molecule has 0 atom stereocenters. The fourth-order valence-corrected chi connectivity index (χ4v) is 2.11. The molecule has 0 radical (unpaired) electrons. The van der Waals surface area contributed by atoms with Gasteiger partial charge < -0.3 is 9.47 Å². The van der Waals surface area contributed by atoms with Gasteiger partial charge in [0.15, 0.2) is 0 Å². The largest absolute Gasteiger partial charge is 0.466 e. The van der Waals surface area contributed by atoms with Crippen molar-refractivity contribution >= 4 is 18.0 Å². The maximum absolute atomic E-state index is 11.6. The van der Waals surface area contributed by atoms with E-state index in [-0.39, 0.29) is 25.0 Å². The summed E-state index contributed by atoms with van der Waals surface area (Å²) in [5, 5.41) is 2.15. The number of piperidine rings is 1. The van der Waals surface area contributed by atoms with Crippen molar-refractivity contribution in [3.8, 4) is 0 Å². The molecule has 0 saturated carbocycles. The van der Waals surface area contributed by atoms with Crippen LogP contribution < -0.4 is 5.32 Å². The lowest BCUT2D eigenvalue weighted by molar-refractivity contribution is -0.149. The molecule has 1 aliphatic heterocycles. The smallest absolute Gasteiger partial charge is 0.413 e. The standard InChI is InChI=1S/C13H22N2O5/c1-3-19-12(17)10-5-7-15(8-6-10)9-11(16)14-13(18)20-4-2/h10H,3-9H2,1-2H3,(H,14,16,18). The van der Waals surface area contributed by atoms with Crippen LogP contribution in [0.1, 0.15) is 26.7 Å². The van der Waals surface area contributed by atoms with Gasteiger partial charge in [0.25, 0.3) is 0 Å². The highest BCUT2D eigenvalue weighted by Crippen LogP contribution is 2.18. The summed E-state index contributed by atoms with van der Waals surface area (Å²) in [5.41, 5.74) is 0.